The highest BCUT2D eigenvalue weighted by molar-refractivity contribution is 7.93. The van der Waals surface area contributed by atoms with Gasteiger partial charge >= 0.3 is 5.76 Å². The van der Waals surface area contributed by atoms with E-state index in [4.69, 9.17) is 16.3 Å². The number of nitriles is 1. The second-order valence-electron chi connectivity index (χ2n) is 4.84. The number of hydrogen-bond acceptors (Lipinski definition) is 4. The van der Waals surface area contributed by atoms with E-state index < -0.39 is 21.6 Å². The number of anilines is 1. The molecule has 25 heavy (non-hydrogen) atoms. The number of halogens is 4. The number of nitrogens with one attached hydrogen (secondary N) is 1. The van der Waals surface area contributed by atoms with Crippen LogP contribution in [0.1, 0.15) is 11.1 Å². The average Bonchev–Trinajstić information content (AvgIpc) is 2.49. The molecule has 5 nitrogen and oxygen atoms in total. The number of hydrogen-bond donors (Lipinski definition) is 1. The molecule has 10 heteroatoms. The van der Waals surface area contributed by atoms with Crippen molar-refractivity contribution in [3.63, 3.8) is 0 Å². The Morgan fingerprint density at radius 1 is 1.28 bits per heavy atom. The summed E-state index contributed by atoms with van der Waals surface area (Å²) in [6, 6.07) is 7.57. The van der Waals surface area contributed by atoms with E-state index in [2.05, 4.69) is 0 Å². The smallest absolute Gasteiger partial charge is 0.355 e. The molecule has 0 amide bonds. The van der Waals surface area contributed by atoms with Gasteiger partial charge in [-0.05, 0) is 36.8 Å². The third-order valence-corrected chi connectivity index (χ3v) is 4.28. The summed E-state index contributed by atoms with van der Waals surface area (Å²) in [6.45, 7) is 1.35. The molecule has 0 fully saturated rings. The summed E-state index contributed by atoms with van der Waals surface area (Å²) in [5.41, 5.74) is -0.219. The topological polar surface area (TPSA) is 79.2 Å². The first kappa shape index (κ1) is 18.9. The fourth-order valence-corrected chi connectivity index (χ4v) is 2.76. The van der Waals surface area contributed by atoms with Gasteiger partial charge in [-0.2, -0.15) is 14.0 Å². The number of alkyl halides is 2. The molecule has 1 N–H and O–H groups in total. The SMILES string of the molecule is Cc1c(NS(=O)(=O)C(F)F)ccc(Oc2cc(F)cc(Cl)c2)c1C#N. The van der Waals surface area contributed by atoms with E-state index in [1.807, 2.05) is 0 Å². The number of rotatable bonds is 5. The van der Waals surface area contributed by atoms with Crippen molar-refractivity contribution in [2.45, 2.75) is 12.7 Å². The molecule has 0 unspecified atom stereocenters. The molecule has 0 saturated carbocycles. The lowest BCUT2D eigenvalue weighted by atomic mass is 10.1. The molecule has 0 heterocycles. The molecule has 0 radical (unpaired) electrons. The number of benzene rings is 2. The second kappa shape index (κ2) is 7.21. The molecule has 0 atom stereocenters. The monoisotopic (exact) mass is 390 g/mol. The fraction of sp³-hybridized carbons (Fsp3) is 0.133. The van der Waals surface area contributed by atoms with E-state index in [-0.39, 0.29) is 33.3 Å². The lowest BCUT2D eigenvalue weighted by Crippen LogP contribution is -2.21. The van der Waals surface area contributed by atoms with E-state index in [1.54, 1.807) is 10.8 Å². The Balaban J connectivity index is 2.42. The van der Waals surface area contributed by atoms with E-state index in [0.29, 0.717) is 0 Å². The molecule has 2 rings (SSSR count). The maximum atomic E-state index is 13.3. The van der Waals surface area contributed by atoms with E-state index in [1.165, 1.54) is 19.1 Å². The largest absolute Gasteiger partial charge is 0.456 e. The first-order chi connectivity index (χ1) is 11.6. The molecule has 0 aliphatic carbocycles. The van der Waals surface area contributed by atoms with Gasteiger partial charge in [-0.3, -0.25) is 4.72 Å². The second-order valence-corrected chi connectivity index (χ2v) is 6.92. The lowest BCUT2D eigenvalue weighted by Gasteiger charge is -2.14. The minimum absolute atomic E-state index is 0.0124. The van der Waals surface area contributed by atoms with Gasteiger partial charge < -0.3 is 4.74 Å². The van der Waals surface area contributed by atoms with Crippen molar-refractivity contribution in [2.24, 2.45) is 0 Å². The predicted octanol–water partition coefficient (Wildman–Crippen LogP) is 4.42. The summed E-state index contributed by atoms with van der Waals surface area (Å²) in [4.78, 5) is 0. The highest BCUT2D eigenvalue weighted by atomic mass is 35.5. The zero-order chi connectivity index (χ0) is 18.8. The number of ether oxygens (including phenoxy) is 1. The van der Waals surface area contributed by atoms with Crippen LogP contribution in [0.3, 0.4) is 0 Å². The van der Waals surface area contributed by atoms with Crippen molar-refractivity contribution in [1.29, 1.82) is 5.26 Å². The van der Waals surface area contributed by atoms with Gasteiger partial charge in [0.05, 0.1) is 11.3 Å². The van der Waals surface area contributed by atoms with Gasteiger partial charge in [0.15, 0.2) is 0 Å². The standard InChI is InChI=1S/C15H10ClF3N2O3S/c1-8-12(7-20)14(24-11-5-9(16)4-10(17)6-11)3-2-13(8)21-25(22,23)15(18)19/h2-6,15,21H,1H3. The highest BCUT2D eigenvalue weighted by Gasteiger charge is 2.25. The summed E-state index contributed by atoms with van der Waals surface area (Å²) >= 11 is 5.72. The van der Waals surface area contributed by atoms with Crippen molar-refractivity contribution in [2.75, 3.05) is 4.72 Å². The van der Waals surface area contributed by atoms with Crippen molar-refractivity contribution in [3.8, 4) is 17.6 Å². The van der Waals surface area contributed by atoms with Gasteiger partial charge in [-0.1, -0.05) is 11.6 Å². The van der Waals surface area contributed by atoms with Crippen LogP contribution in [0.5, 0.6) is 11.5 Å². The van der Waals surface area contributed by atoms with Gasteiger partial charge in [0.25, 0.3) is 10.0 Å². The number of nitrogens with zero attached hydrogens (tertiary/aromatic N) is 1. The van der Waals surface area contributed by atoms with E-state index in [9.17, 15) is 26.9 Å². The van der Waals surface area contributed by atoms with Crippen LogP contribution in [0, 0.1) is 24.1 Å². The zero-order valence-electron chi connectivity index (χ0n) is 12.6. The van der Waals surface area contributed by atoms with Crippen LogP contribution in [0.25, 0.3) is 0 Å². The summed E-state index contributed by atoms with van der Waals surface area (Å²) in [5, 5.41) is 9.34. The quantitative estimate of drug-likeness (QED) is 0.819. The average molecular weight is 391 g/mol. The van der Waals surface area contributed by atoms with Gasteiger partial charge in [-0.15, -0.1) is 0 Å². The van der Waals surface area contributed by atoms with Crippen LogP contribution in [-0.4, -0.2) is 14.2 Å². The Morgan fingerprint density at radius 2 is 1.96 bits per heavy atom. The molecule has 2 aromatic carbocycles. The van der Waals surface area contributed by atoms with Crippen molar-refractivity contribution in [1.82, 2.24) is 0 Å². The Morgan fingerprint density at radius 3 is 2.52 bits per heavy atom. The molecular formula is C15H10ClF3N2O3S. The third kappa shape index (κ3) is 4.35. The highest BCUT2D eigenvalue weighted by Crippen LogP contribution is 2.33. The molecule has 0 spiro atoms. The molecule has 0 saturated heterocycles. The summed E-state index contributed by atoms with van der Waals surface area (Å²) in [5.74, 6) is -4.27. The van der Waals surface area contributed by atoms with Gasteiger partial charge in [0.1, 0.15) is 23.4 Å². The Kier molecular flexibility index (Phi) is 5.45. The van der Waals surface area contributed by atoms with Crippen LogP contribution in [0.2, 0.25) is 5.02 Å². The minimum atomic E-state index is -4.88. The first-order valence-corrected chi connectivity index (χ1v) is 8.54. The van der Waals surface area contributed by atoms with Gasteiger partial charge in [0, 0.05) is 11.1 Å². The Bertz CT molecular complexity index is 939. The van der Waals surface area contributed by atoms with E-state index >= 15 is 0 Å². The maximum Gasteiger partial charge on any atom is 0.355 e. The van der Waals surface area contributed by atoms with Crippen LogP contribution in [0.15, 0.2) is 30.3 Å². The van der Waals surface area contributed by atoms with Crippen LogP contribution in [0.4, 0.5) is 18.9 Å². The van der Waals surface area contributed by atoms with Crippen LogP contribution in [-0.2, 0) is 10.0 Å². The molecular weight excluding hydrogens is 381 g/mol. The van der Waals surface area contributed by atoms with Crippen molar-refractivity contribution in [3.05, 3.63) is 52.3 Å². The van der Waals surface area contributed by atoms with Crippen molar-refractivity contribution >= 4 is 27.3 Å². The van der Waals surface area contributed by atoms with Crippen molar-refractivity contribution < 1.29 is 26.3 Å². The predicted molar refractivity (Wildman–Crippen MR) is 85.9 cm³/mol. The summed E-state index contributed by atoms with van der Waals surface area (Å²) in [7, 11) is -4.88. The normalized spacial score (nSPS) is 11.2. The first-order valence-electron chi connectivity index (χ1n) is 6.61. The van der Waals surface area contributed by atoms with Gasteiger partial charge in [0.2, 0.25) is 0 Å². The fourth-order valence-electron chi connectivity index (χ4n) is 1.93. The maximum absolute atomic E-state index is 13.3. The Hall–Kier alpha value is -2.44. The summed E-state index contributed by atoms with van der Waals surface area (Å²) < 4.78 is 67.9. The van der Waals surface area contributed by atoms with Crippen LogP contribution < -0.4 is 9.46 Å². The Labute approximate surface area is 146 Å². The molecule has 132 valence electrons. The summed E-state index contributed by atoms with van der Waals surface area (Å²) in [6.07, 6.45) is 0. The van der Waals surface area contributed by atoms with Gasteiger partial charge in [-0.25, -0.2) is 12.8 Å². The zero-order valence-corrected chi connectivity index (χ0v) is 14.1. The molecule has 2 aromatic rings. The van der Waals surface area contributed by atoms with Crippen LogP contribution >= 0.6 is 11.6 Å². The molecule has 0 aliphatic rings. The molecule has 0 aromatic heterocycles. The minimum Gasteiger partial charge on any atom is -0.456 e. The molecule has 0 bridgehead atoms. The van der Waals surface area contributed by atoms with E-state index in [0.717, 1.165) is 18.2 Å². The molecule has 0 aliphatic heterocycles. The lowest BCUT2D eigenvalue weighted by molar-refractivity contribution is 0.236. The number of sulfonamides is 1. The third-order valence-electron chi connectivity index (χ3n) is 3.09.